The zero-order valence-corrected chi connectivity index (χ0v) is 16.6. The molecule has 0 bridgehead atoms. The minimum Gasteiger partial charge on any atom is -0.308 e. The number of nitrogens with one attached hydrogen (secondary N) is 1. The summed E-state index contributed by atoms with van der Waals surface area (Å²) in [5, 5.41) is 0. The van der Waals surface area contributed by atoms with Crippen molar-refractivity contribution in [2.75, 3.05) is 13.2 Å². The van der Waals surface area contributed by atoms with E-state index in [1.165, 1.54) is 0 Å². The van der Waals surface area contributed by atoms with Gasteiger partial charge in [0.15, 0.2) is 0 Å². The summed E-state index contributed by atoms with van der Waals surface area (Å²) in [4.78, 5) is 0. The number of sulfonamides is 1. The van der Waals surface area contributed by atoms with Crippen molar-refractivity contribution in [2.45, 2.75) is 25.4 Å². The quantitative estimate of drug-likeness (QED) is 0.611. The molecule has 0 aliphatic heterocycles. The summed E-state index contributed by atoms with van der Waals surface area (Å²) in [6.07, 6.45) is 0. The molecular formula is C18H24NO5PS. The Labute approximate surface area is 155 Å². The molecule has 2 rings (SSSR count). The molecule has 1 unspecified atom stereocenters. The lowest BCUT2D eigenvalue weighted by atomic mass is 10.2. The molecule has 2 aromatic rings. The summed E-state index contributed by atoms with van der Waals surface area (Å²) in [5.74, 6) is -1.34. The van der Waals surface area contributed by atoms with Crippen molar-refractivity contribution in [3.8, 4) is 0 Å². The van der Waals surface area contributed by atoms with Crippen molar-refractivity contribution in [2.24, 2.45) is 0 Å². The van der Waals surface area contributed by atoms with Gasteiger partial charge in [-0.3, -0.25) is 4.57 Å². The average Bonchev–Trinajstić information content (AvgIpc) is 2.61. The Hall–Kier alpha value is -1.50. The average molecular weight is 397 g/mol. The zero-order valence-electron chi connectivity index (χ0n) is 14.9. The molecule has 0 saturated carbocycles. The van der Waals surface area contributed by atoms with Gasteiger partial charge in [-0.25, -0.2) is 8.42 Å². The third-order valence-corrected chi connectivity index (χ3v) is 7.32. The Kier molecular flexibility index (Phi) is 7.55. The van der Waals surface area contributed by atoms with Crippen molar-refractivity contribution >= 4 is 17.6 Å². The second-order valence-corrected chi connectivity index (χ2v) is 9.42. The fourth-order valence-electron chi connectivity index (χ4n) is 2.50. The minimum atomic E-state index is -3.78. The first-order valence-corrected chi connectivity index (χ1v) is 11.6. The van der Waals surface area contributed by atoms with Gasteiger partial charge in [0.25, 0.3) is 0 Å². The first-order chi connectivity index (χ1) is 12.4. The van der Waals surface area contributed by atoms with E-state index in [0.717, 1.165) is 0 Å². The zero-order chi connectivity index (χ0) is 19.0. The van der Waals surface area contributed by atoms with Crippen molar-refractivity contribution in [1.29, 1.82) is 0 Å². The van der Waals surface area contributed by atoms with Crippen LogP contribution in [0.5, 0.6) is 0 Å². The highest BCUT2D eigenvalue weighted by Gasteiger charge is 2.39. The molecule has 0 fully saturated rings. The van der Waals surface area contributed by atoms with Crippen LogP contribution in [-0.4, -0.2) is 21.6 Å². The molecule has 142 valence electrons. The van der Waals surface area contributed by atoms with Gasteiger partial charge in [0.05, 0.1) is 19.0 Å². The van der Waals surface area contributed by atoms with Crippen molar-refractivity contribution < 1.29 is 22.0 Å². The molecule has 0 aliphatic carbocycles. The first kappa shape index (κ1) is 20.8. The third-order valence-electron chi connectivity index (χ3n) is 3.54. The number of benzene rings is 2. The van der Waals surface area contributed by atoms with Crippen LogP contribution in [-0.2, 0) is 29.4 Å². The van der Waals surface area contributed by atoms with Crippen LogP contribution in [0.3, 0.4) is 0 Å². The van der Waals surface area contributed by atoms with Crippen LogP contribution in [0.4, 0.5) is 0 Å². The van der Waals surface area contributed by atoms with Crippen molar-refractivity contribution in [3.05, 3.63) is 71.8 Å². The molecule has 1 atom stereocenters. The van der Waals surface area contributed by atoms with E-state index in [-0.39, 0.29) is 19.0 Å². The van der Waals surface area contributed by atoms with Gasteiger partial charge in [-0.2, -0.15) is 4.72 Å². The van der Waals surface area contributed by atoms with Crippen LogP contribution in [0, 0.1) is 0 Å². The number of hydrogen-bond donors (Lipinski definition) is 1. The molecule has 0 spiro atoms. The van der Waals surface area contributed by atoms with Crippen LogP contribution in [0.25, 0.3) is 0 Å². The van der Waals surface area contributed by atoms with Crippen LogP contribution in [0.15, 0.2) is 60.7 Å². The smallest absolute Gasteiger partial charge is 0.308 e. The van der Waals surface area contributed by atoms with Gasteiger partial charge in [-0.15, -0.1) is 0 Å². The lowest BCUT2D eigenvalue weighted by Gasteiger charge is -2.27. The molecule has 0 saturated heterocycles. The molecule has 0 heterocycles. The lowest BCUT2D eigenvalue weighted by Crippen LogP contribution is -2.31. The maximum atomic E-state index is 13.3. The summed E-state index contributed by atoms with van der Waals surface area (Å²) < 4.78 is 52.0. The largest absolute Gasteiger partial charge is 0.352 e. The van der Waals surface area contributed by atoms with Crippen LogP contribution < -0.4 is 4.72 Å². The molecule has 8 heteroatoms. The molecule has 0 aromatic heterocycles. The third kappa shape index (κ3) is 5.76. The lowest BCUT2D eigenvalue weighted by molar-refractivity contribution is 0.210. The monoisotopic (exact) mass is 397 g/mol. The van der Waals surface area contributed by atoms with Crippen molar-refractivity contribution in [1.82, 2.24) is 4.72 Å². The Balaban J connectivity index is 2.36. The fourth-order valence-corrected chi connectivity index (χ4v) is 6.32. The van der Waals surface area contributed by atoms with Crippen LogP contribution >= 0.6 is 7.60 Å². The van der Waals surface area contributed by atoms with E-state index in [4.69, 9.17) is 9.05 Å². The topological polar surface area (TPSA) is 81.7 Å². The van der Waals surface area contributed by atoms with Gasteiger partial charge >= 0.3 is 7.60 Å². The normalized spacial score (nSPS) is 13.5. The molecule has 6 nitrogen and oxygen atoms in total. The molecule has 0 radical (unpaired) electrons. The minimum absolute atomic E-state index is 0.140. The van der Waals surface area contributed by atoms with Gasteiger partial charge in [-0.1, -0.05) is 60.7 Å². The number of hydrogen-bond acceptors (Lipinski definition) is 5. The maximum absolute atomic E-state index is 13.3. The van der Waals surface area contributed by atoms with Crippen LogP contribution in [0.2, 0.25) is 0 Å². The summed E-state index contributed by atoms with van der Waals surface area (Å²) in [7, 11) is -7.53. The fraction of sp³-hybridized carbons (Fsp3) is 0.333. The van der Waals surface area contributed by atoms with E-state index in [9.17, 15) is 13.0 Å². The second-order valence-electron chi connectivity index (χ2n) is 5.55. The van der Waals surface area contributed by atoms with Gasteiger partial charge in [0, 0.05) is 0 Å². The Bertz CT molecular complexity index is 817. The van der Waals surface area contributed by atoms with E-state index in [2.05, 4.69) is 4.72 Å². The first-order valence-electron chi connectivity index (χ1n) is 8.38. The van der Waals surface area contributed by atoms with E-state index < -0.39 is 23.4 Å². The molecular weight excluding hydrogens is 373 g/mol. The predicted molar refractivity (Wildman–Crippen MR) is 102 cm³/mol. The molecule has 0 aliphatic rings. The van der Waals surface area contributed by atoms with Gasteiger partial charge in [-0.05, 0) is 25.0 Å². The number of rotatable bonds is 10. The molecule has 0 amide bonds. The van der Waals surface area contributed by atoms with E-state index in [1.54, 1.807) is 68.4 Å². The summed E-state index contributed by atoms with van der Waals surface area (Å²) >= 11 is 0. The predicted octanol–water partition coefficient (Wildman–Crippen LogP) is 4.07. The standard InChI is InChI=1S/C18H24NO5PS/c1-3-23-25(20,24-4-2)18(17-13-9-6-10-14-17)19-26(21,22)15-16-11-7-5-8-12-16/h5-14,18-19H,3-4,15H2,1-2H3. The molecule has 26 heavy (non-hydrogen) atoms. The summed E-state index contributed by atoms with van der Waals surface area (Å²) in [6, 6.07) is 17.5. The molecule has 2 aromatic carbocycles. The van der Waals surface area contributed by atoms with Gasteiger partial charge in [0.2, 0.25) is 10.0 Å². The van der Waals surface area contributed by atoms with Crippen LogP contribution in [0.1, 0.15) is 30.8 Å². The maximum Gasteiger partial charge on any atom is 0.352 e. The SMILES string of the molecule is CCOP(=O)(OCC)C(NS(=O)(=O)Cc1ccccc1)c1ccccc1. The highest BCUT2D eigenvalue weighted by molar-refractivity contribution is 7.89. The van der Waals surface area contributed by atoms with Crippen molar-refractivity contribution in [3.63, 3.8) is 0 Å². The summed E-state index contributed by atoms with van der Waals surface area (Å²) in [6.45, 7) is 3.65. The summed E-state index contributed by atoms with van der Waals surface area (Å²) in [5.41, 5.74) is 1.16. The Morgan fingerprint density at radius 3 is 1.92 bits per heavy atom. The van der Waals surface area contributed by atoms with E-state index >= 15 is 0 Å². The van der Waals surface area contributed by atoms with Gasteiger partial charge in [0.1, 0.15) is 5.78 Å². The molecule has 1 N–H and O–H groups in total. The Morgan fingerprint density at radius 2 is 1.42 bits per heavy atom. The highest BCUT2D eigenvalue weighted by atomic mass is 32.2. The van der Waals surface area contributed by atoms with E-state index in [1.807, 2.05) is 6.07 Å². The Morgan fingerprint density at radius 1 is 0.923 bits per heavy atom. The van der Waals surface area contributed by atoms with Gasteiger partial charge < -0.3 is 9.05 Å². The highest BCUT2D eigenvalue weighted by Crippen LogP contribution is 2.59. The second kappa shape index (κ2) is 9.44. The van der Waals surface area contributed by atoms with E-state index in [0.29, 0.717) is 11.1 Å².